The van der Waals surface area contributed by atoms with E-state index in [4.69, 9.17) is 0 Å². The number of fused-ring (bicyclic) bond motifs is 2. The largest absolute Gasteiger partial charge is 0.312 e. The SMILES string of the molecule is CN1[C@@H]2CC[C@H]1CC(n1cc3c4c(cccc4c1=O)CCC3)C2.Cl. The standard InChI is InChI=1S/C20H24N2O.ClH/c1-21-15-8-9-16(21)11-17(10-15)22-12-14-6-2-4-13-5-3-7-18(19(13)14)20(22)23;/h3,5,7,12,15-17H,2,4,6,8-11H2,1H3;1H/t15-,16+,17?;. The number of benzene rings is 1. The van der Waals surface area contributed by atoms with Crippen LogP contribution in [0.25, 0.3) is 10.8 Å². The molecule has 2 aromatic rings. The highest BCUT2D eigenvalue weighted by atomic mass is 35.5. The molecule has 0 amide bonds. The van der Waals surface area contributed by atoms with Crippen molar-refractivity contribution < 1.29 is 0 Å². The predicted octanol–water partition coefficient (Wildman–Crippen LogP) is 3.71. The van der Waals surface area contributed by atoms with Crippen LogP contribution in [-0.2, 0) is 12.8 Å². The number of hydrogen-bond donors (Lipinski definition) is 0. The quantitative estimate of drug-likeness (QED) is 0.788. The van der Waals surface area contributed by atoms with Crippen molar-refractivity contribution in [2.75, 3.05) is 7.05 Å². The van der Waals surface area contributed by atoms with Gasteiger partial charge < -0.3 is 9.47 Å². The van der Waals surface area contributed by atoms with Gasteiger partial charge in [0.1, 0.15) is 0 Å². The van der Waals surface area contributed by atoms with Gasteiger partial charge in [-0.2, -0.15) is 0 Å². The van der Waals surface area contributed by atoms with E-state index in [2.05, 4.69) is 34.8 Å². The Morgan fingerprint density at radius 1 is 1.00 bits per heavy atom. The number of aromatic nitrogens is 1. The molecule has 1 aromatic carbocycles. The van der Waals surface area contributed by atoms with Crippen LogP contribution in [0.2, 0.25) is 0 Å². The first-order chi connectivity index (χ1) is 11.2. The average Bonchev–Trinajstić information content (AvgIpc) is 2.79. The first-order valence-electron chi connectivity index (χ1n) is 9.10. The van der Waals surface area contributed by atoms with E-state index in [-0.39, 0.29) is 18.0 Å². The molecule has 2 aliphatic heterocycles. The zero-order valence-electron chi connectivity index (χ0n) is 14.2. The number of nitrogens with zero attached hydrogens (tertiary/aromatic N) is 2. The molecule has 3 heterocycles. The fourth-order valence-corrected chi connectivity index (χ4v) is 5.34. The topological polar surface area (TPSA) is 25.2 Å². The lowest BCUT2D eigenvalue weighted by molar-refractivity contribution is 0.136. The Hall–Kier alpha value is -1.32. The third kappa shape index (κ3) is 2.25. The van der Waals surface area contributed by atoms with Crippen molar-refractivity contribution in [2.24, 2.45) is 0 Å². The highest BCUT2D eigenvalue weighted by Crippen LogP contribution is 2.40. The van der Waals surface area contributed by atoms with Crippen LogP contribution in [0, 0.1) is 0 Å². The summed E-state index contributed by atoms with van der Waals surface area (Å²) >= 11 is 0. The highest BCUT2D eigenvalue weighted by molar-refractivity contribution is 5.88. The lowest BCUT2D eigenvalue weighted by atomic mass is 9.89. The third-order valence-electron chi connectivity index (χ3n) is 6.59. The van der Waals surface area contributed by atoms with Gasteiger partial charge in [-0.25, -0.2) is 0 Å². The number of halogens is 1. The Morgan fingerprint density at radius 2 is 1.71 bits per heavy atom. The molecule has 2 saturated heterocycles. The second kappa shape index (κ2) is 5.89. The van der Waals surface area contributed by atoms with Crippen LogP contribution in [0.1, 0.15) is 49.3 Å². The molecule has 4 heteroatoms. The molecule has 0 radical (unpaired) electrons. The average molecular weight is 345 g/mol. The van der Waals surface area contributed by atoms with E-state index in [0.29, 0.717) is 18.1 Å². The minimum atomic E-state index is 0. The van der Waals surface area contributed by atoms with Crippen molar-refractivity contribution in [3.63, 3.8) is 0 Å². The summed E-state index contributed by atoms with van der Waals surface area (Å²) in [5.41, 5.74) is 3.01. The minimum absolute atomic E-state index is 0. The minimum Gasteiger partial charge on any atom is -0.312 e. The number of aryl methyl sites for hydroxylation is 2. The van der Waals surface area contributed by atoms with E-state index in [0.717, 1.165) is 31.1 Å². The molecule has 0 N–H and O–H groups in total. The van der Waals surface area contributed by atoms with Gasteiger partial charge in [-0.3, -0.25) is 4.79 Å². The molecule has 1 aromatic heterocycles. The van der Waals surface area contributed by atoms with E-state index < -0.39 is 0 Å². The number of rotatable bonds is 1. The predicted molar refractivity (Wildman–Crippen MR) is 100 cm³/mol. The van der Waals surface area contributed by atoms with Crippen molar-refractivity contribution in [3.8, 4) is 0 Å². The van der Waals surface area contributed by atoms with Crippen LogP contribution < -0.4 is 5.56 Å². The van der Waals surface area contributed by atoms with Crippen molar-refractivity contribution in [2.45, 2.75) is 63.1 Å². The number of pyridine rings is 1. The van der Waals surface area contributed by atoms with Gasteiger partial charge >= 0.3 is 0 Å². The van der Waals surface area contributed by atoms with Gasteiger partial charge in [0.2, 0.25) is 0 Å². The van der Waals surface area contributed by atoms with Crippen molar-refractivity contribution in [1.82, 2.24) is 9.47 Å². The summed E-state index contributed by atoms with van der Waals surface area (Å²) in [6.45, 7) is 0. The van der Waals surface area contributed by atoms with Gasteiger partial charge in [0.25, 0.3) is 5.56 Å². The van der Waals surface area contributed by atoms with E-state index in [1.165, 1.54) is 35.8 Å². The maximum absolute atomic E-state index is 13.1. The van der Waals surface area contributed by atoms with Gasteiger partial charge in [-0.15, -0.1) is 12.4 Å². The second-order valence-corrected chi connectivity index (χ2v) is 7.74. The van der Waals surface area contributed by atoms with E-state index in [1.54, 1.807) is 0 Å². The Bertz CT molecular complexity index is 829. The molecule has 3 aliphatic rings. The van der Waals surface area contributed by atoms with Crippen molar-refractivity contribution >= 4 is 23.2 Å². The monoisotopic (exact) mass is 344 g/mol. The Balaban J connectivity index is 0.00000146. The van der Waals surface area contributed by atoms with Gasteiger partial charge in [0.15, 0.2) is 0 Å². The molecule has 1 unspecified atom stereocenters. The zero-order chi connectivity index (χ0) is 15.6. The Morgan fingerprint density at radius 3 is 2.46 bits per heavy atom. The van der Waals surface area contributed by atoms with Gasteiger partial charge in [-0.05, 0) is 74.6 Å². The lowest BCUT2D eigenvalue weighted by Gasteiger charge is -2.37. The number of piperidine rings is 1. The molecule has 2 fully saturated rings. The molecular weight excluding hydrogens is 320 g/mol. The van der Waals surface area contributed by atoms with Crippen LogP contribution in [0.4, 0.5) is 0 Å². The van der Waals surface area contributed by atoms with Crippen LogP contribution >= 0.6 is 12.4 Å². The number of hydrogen-bond acceptors (Lipinski definition) is 2. The Labute approximate surface area is 149 Å². The van der Waals surface area contributed by atoms with Crippen molar-refractivity contribution in [1.29, 1.82) is 0 Å². The third-order valence-corrected chi connectivity index (χ3v) is 6.59. The molecule has 3 nitrogen and oxygen atoms in total. The summed E-state index contributed by atoms with van der Waals surface area (Å²) in [4.78, 5) is 15.7. The molecule has 2 bridgehead atoms. The summed E-state index contributed by atoms with van der Waals surface area (Å²) in [5, 5.41) is 2.21. The first-order valence-corrected chi connectivity index (χ1v) is 9.10. The van der Waals surface area contributed by atoms with E-state index in [9.17, 15) is 4.79 Å². The van der Waals surface area contributed by atoms with E-state index >= 15 is 0 Å². The fraction of sp³-hybridized carbons (Fsp3) is 0.550. The highest BCUT2D eigenvalue weighted by Gasteiger charge is 2.39. The molecule has 1 aliphatic carbocycles. The smallest absolute Gasteiger partial charge is 0.258 e. The summed E-state index contributed by atoms with van der Waals surface area (Å²) in [7, 11) is 2.26. The van der Waals surface area contributed by atoms with Gasteiger partial charge in [0, 0.05) is 29.7 Å². The zero-order valence-corrected chi connectivity index (χ0v) is 15.0. The first kappa shape index (κ1) is 16.2. The molecular formula is C20H25ClN2O. The fourth-order valence-electron chi connectivity index (χ4n) is 5.34. The lowest BCUT2D eigenvalue weighted by Crippen LogP contribution is -2.42. The summed E-state index contributed by atoms with van der Waals surface area (Å²) < 4.78 is 2.10. The summed E-state index contributed by atoms with van der Waals surface area (Å²) in [6, 6.07) is 8.03. The molecule has 0 saturated carbocycles. The maximum atomic E-state index is 13.1. The molecule has 3 atom stereocenters. The maximum Gasteiger partial charge on any atom is 0.258 e. The molecule has 24 heavy (non-hydrogen) atoms. The molecule has 128 valence electrons. The van der Waals surface area contributed by atoms with Crippen LogP contribution in [-0.4, -0.2) is 28.6 Å². The van der Waals surface area contributed by atoms with Crippen LogP contribution in [0.5, 0.6) is 0 Å². The summed E-state index contributed by atoms with van der Waals surface area (Å²) in [5.74, 6) is 0. The van der Waals surface area contributed by atoms with Gasteiger partial charge in [-0.1, -0.05) is 12.1 Å². The van der Waals surface area contributed by atoms with Crippen LogP contribution in [0.15, 0.2) is 29.2 Å². The summed E-state index contributed by atoms with van der Waals surface area (Å²) in [6.07, 6.45) is 10.5. The Kier molecular flexibility index (Phi) is 3.97. The molecule has 0 spiro atoms. The van der Waals surface area contributed by atoms with Gasteiger partial charge in [0.05, 0.1) is 0 Å². The van der Waals surface area contributed by atoms with Crippen molar-refractivity contribution in [3.05, 3.63) is 45.9 Å². The van der Waals surface area contributed by atoms with Crippen LogP contribution in [0.3, 0.4) is 0 Å². The normalized spacial score (nSPS) is 28.8. The van der Waals surface area contributed by atoms with E-state index in [1.807, 2.05) is 6.07 Å². The molecule has 5 rings (SSSR count). The second-order valence-electron chi connectivity index (χ2n) is 7.74.